The Kier molecular flexibility index (Phi) is 5.57. The van der Waals surface area contributed by atoms with Crippen molar-refractivity contribution in [2.75, 3.05) is 13.7 Å². The van der Waals surface area contributed by atoms with Crippen molar-refractivity contribution >= 4 is 5.97 Å². The van der Waals surface area contributed by atoms with Crippen molar-refractivity contribution in [1.82, 2.24) is 0 Å². The molecule has 1 aromatic carbocycles. The Morgan fingerprint density at radius 3 is 2.75 bits per heavy atom. The highest BCUT2D eigenvalue weighted by Crippen LogP contribution is 2.35. The predicted octanol–water partition coefficient (Wildman–Crippen LogP) is 3.07. The minimum absolute atomic E-state index is 0.154. The van der Waals surface area contributed by atoms with Gasteiger partial charge in [0.15, 0.2) is 0 Å². The number of benzene rings is 1. The van der Waals surface area contributed by atoms with Gasteiger partial charge in [0.25, 0.3) is 0 Å². The summed E-state index contributed by atoms with van der Waals surface area (Å²) in [7, 11) is 1.59. The van der Waals surface area contributed by atoms with Crippen molar-refractivity contribution in [3.63, 3.8) is 0 Å². The molecule has 4 nitrogen and oxygen atoms in total. The van der Waals surface area contributed by atoms with Gasteiger partial charge < -0.3 is 9.47 Å². The van der Waals surface area contributed by atoms with Crippen molar-refractivity contribution in [2.45, 2.75) is 32.6 Å². The van der Waals surface area contributed by atoms with E-state index in [1.54, 1.807) is 14.0 Å². The summed E-state index contributed by atoms with van der Waals surface area (Å²) in [6.45, 7) is 5.85. The third-order valence-corrected chi connectivity index (χ3v) is 3.67. The lowest BCUT2D eigenvalue weighted by atomic mass is 9.72. The molecule has 108 valence electrons. The maximum atomic E-state index is 11.6. The lowest BCUT2D eigenvalue weighted by Gasteiger charge is -2.29. The van der Waals surface area contributed by atoms with E-state index in [0.717, 1.165) is 5.56 Å². The van der Waals surface area contributed by atoms with Crippen LogP contribution in [0.15, 0.2) is 24.3 Å². The molecule has 0 N–H and O–H groups in total. The van der Waals surface area contributed by atoms with E-state index in [1.807, 2.05) is 38.1 Å². The van der Waals surface area contributed by atoms with Crippen LogP contribution in [-0.4, -0.2) is 19.7 Å². The first-order valence-corrected chi connectivity index (χ1v) is 6.69. The van der Waals surface area contributed by atoms with E-state index >= 15 is 0 Å². The quantitative estimate of drug-likeness (QED) is 0.749. The molecule has 2 atom stereocenters. The molecule has 0 saturated carbocycles. The second kappa shape index (κ2) is 6.95. The van der Waals surface area contributed by atoms with Crippen LogP contribution in [0.3, 0.4) is 0 Å². The SMILES string of the molecule is CCOC(=O)C[C@H](C)[C@](C)(C#N)c1cccc(OC)c1. The van der Waals surface area contributed by atoms with Crippen LogP contribution in [0.4, 0.5) is 0 Å². The fourth-order valence-electron chi connectivity index (χ4n) is 2.08. The van der Waals surface area contributed by atoms with Crippen LogP contribution in [0.25, 0.3) is 0 Å². The Morgan fingerprint density at radius 2 is 2.20 bits per heavy atom. The van der Waals surface area contributed by atoms with Crippen LogP contribution < -0.4 is 4.74 Å². The normalized spacial score (nSPS) is 14.8. The molecular weight excluding hydrogens is 254 g/mol. The second-order valence-electron chi connectivity index (χ2n) is 4.96. The van der Waals surface area contributed by atoms with Crippen LogP contribution in [0.5, 0.6) is 5.75 Å². The van der Waals surface area contributed by atoms with Crippen molar-refractivity contribution < 1.29 is 14.3 Å². The Balaban J connectivity index is 3.01. The summed E-state index contributed by atoms with van der Waals surface area (Å²) in [6.07, 6.45) is 0.217. The molecule has 0 heterocycles. The fourth-order valence-corrected chi connectivity index (χ4v) is 2.08. The Hall–Kier alpha value is -2.02. The molecule has 0 aliphatic rings. The minimum Gasteiger partial charge on any atom is -0.497 e. The van der Waals surface area contributed by atoms with Crippen LogP contribution in [0, 0.1) is 17.2 Å². The maximum absolute atomic E-state index is 11.6. The average Bonchev–Trinajstić information content (AvgIpc) is 2.46. The summed E-state index contributed by atoms with van der Waals surface area (Å²) in [5.74, 6) is 0.273. The summed E-state index contributed by atoms with van der Waals surface area (Å²) >= 11 is 0. The lowest BCUT2D eigenvalue weighted by Crippen LogP contribution is -2.30. The molecular formula is C16H21NO3. The molecule has 0 amide bonds. The van der Waals surface area contributed by atoms with Gasteiger partial charge in [-0.15, -0.1) is 0 Å². The highest BCUT2D eigenvalue weighted by molar-refractivity contribution is 5.70. The van der Waals surface area contributed by atoms with Gasteiger partial charge in [-0.2, -0.15) is 5.26 Å². The molecule has 0 radical (unpaired) electrons. The predicted molar refractivity (Wildman–Crippen MR) is 76.4 cm³/mol. The standard InChI is InChI=1S/C16H21NO3/c1-5-20-15(18)9-12(2)16(3,11-17)13-7-6-8-14(10-13)19-4/h6-8,10,12H,5,9H2,1-4H3/t12-,16-/m0/s1. The van der Waals surface area contributed by atoms with Crippen molar-refractivity contribution in [3.8, 4) is 11.8 Å². The van der Waals surface area contributed by atoms with Crippen LogP contribution in [0.2, 0.25) is 0 Å². The maximum Gasteiger partial charge on any atom is 0.306 e. The number of carbonyl (C=O) groups is 1. The molecule has 20 heavy (non-hydrogen) atoms. The van der Waals surface area contributed by atoms with Gasteiger partial charge >= 0.3 is 5.97 Å². The third kappa shape index (κ3) is 3.51. The molecule has 0 aliphatic heterocycles. The number of rotatable bonds is 6. The molecule has 0 aliphatic carbocycles. The largest absolute Gasteiger partial charge is 0.497 e. The Morgan fingerprint density at radius 1 is 1.50 bits per heavy atom. The fraction of sp³-hybridized carbons (Fsp3) is 0.500. The topological polar surface area (TPSA) is 59.3 Å². The van der Waals surface area contributed by atoms with Crippen LogP contribution in [-0.2, 0) is 14.9 Å². The zero-order valence-electron chi connectivity index (χ0n) is 12.5. The minimum atomic E-state index is -0.763. The van der Waals surface area contributed by atoms with Gasteiger partial charge in [0.05, 0.1) is 25.2 Å². The highest BCUT2D eigenvalue weighted by Gasteiger charge is 2.35. The molecule has 0 bridgehead atoms. The first kappa shape index (κ1) is 16.0. The molecule has 0 spiro atoms. The van der Waals surface area contributed by atoms with Gasteiger partial charge in [-0.1, -0.05) is 19.1 Å². The average molecular weight is 275 g/mol. The van der Waals surface area contributed by atoms with E-state index < -0.39 is 5.41 Å². The summed E-state index contributed by atoms with van der Waals surface area (Å²) < 4.78 is 10.2. The van der Waals surface area contributed by atoms with Crippen LogP contribution >= 0.6 is 0 Å². The van der Waals surface area contributed by atoms with E-state index in [4.69, 9.17) is 9.47 Å². The van der Waals surface area contributed by atoms with Crippen LogP contribution in [0.1, 0.15) is 32.8 Å². The van der Waals surface area contributed by atoms with E-state index in [0.29, 0.717) is 12.4 Å². The summed E-state index contributed by atoms with van der Waals surface area (Å²) in [5, 5.41) is 9.57. The third-order valence-electron chi connectivity index (χ3n) is 3.67. The number of nitriles is 1. The number of methoxy groups -OCH3 is 1. The molecule has 0 saturated heterocycles. The Labute approximate surface area is 120 Å². The number of esters is 1. The first-order chi connectivity index (χ1) is 9.47. The molecule has 1 aromatic rings. The zero-order valence-corrected chi connectivity index (χ0v) is 12.5. The smallest absolute Gasteiger partial charge is 0.306 e. The van der Waals surface area contributed by atoms with Gasteiger partial charge in [0, 0.05) is 6.42 Å². The number of hydrogen-bond acceptors (Lipinski definition) is 4. The summed E-state index contributed by atoms with van der Waals surface area (Å²) in [5.41, 5.74) is 0.0811. The van der Waals surface area contributed by atoms with E-state index in [-0.39, 0.29) is 18.3 Å². The van der Waals surface area contributed by atoms with Crippen molar-refractivity contribution in [3.05, 3.63) is 29.8 Å². The van der Waals surface area contributed by atoms with E-state index in [1.165, 1.54) is 0 Å². The summed E-state index contributed by atoms with van der Waals surface area (Å²) in [4.78, 5) is 11.6. The number of nitrogens with zero attached hydrogens (tertiary/aromatic N) is 1. The van der Waals surface area contributed by atoms with E-state index in [2.05, 4.69) is 6.07 Å². The molecule has 1 rings (SSSR count). The molecule has 4 heteroatoms. The van der Waals surface area contributed by atoms with Gasteiger partial charge in [0.2, 0.25) is 0 Å². The molecule has 0 unspecified atom stereocenters. The van der Waals surface area contributed by atoms with Gasteiger partial charge in [-0.3, -0.25) is 4.79 Å². The monoisotopic (exact) mass is 275 g/mol. The summed E-state index contributed by atoms with van der Waals surface area (Å²) in [6, 6.07) is 9.73. The number of hydrogen-bond donors (Lipinski definition) is 0. The molecule has 0 aromatic heterocycles. The number of carbonyl (C=O) groups excluding carboxylic acids is 1. The van der Waals surface area contributed by atoms with Crippen molar-refractivity contribution in [2.24, 2.45) is 5.92 Å². The Bertz CT molecular complexity index is 507. The van der Waals surface area contributed by atoms with Gasteiger partial charge in [-0.05, 0) is 37.5 Å². The molecule has 0 fully saturated rings. The van der Waals surface area contributed by atoms with Gasteiger partial charge in [-0.25, -0.2) is 0 Å². The zero-order chi connectivity index (χ0) is 15.2. The highest BCUT2D eigenvalue weighted by atomic mass is 16.5. The number of ether oxygens (including phenoxy) is 2. The second-order valence-corrected chi connectivity index (χ2v) is 4.96. The van der Waals surface area contributed by atoms with Gasteiger partial charge in [0.1, 0.15) is 5.75 Å². The van der Waals surface area contributed by atoms with Crippen molar-refractivity contribution in [1.29, 1.82) is 5.26 Å². The van der Waals surface area contributed by atoms with E-state index in [9.17, 15) is 10.1 Å². The lowest BCUT2D eigenvalue weighted by molar-refractivity contribution is -0.144. The first-order valence-electron chi connectivity index (χ1n) is 6.69.